The number of ether oxygens (including phenoxy) is 1. The monoisotopic (exact) mass is 635 g/mol. The molecule has 0 spiro atoms. The molecule has 1 aliphatic heterocycles. The molecule has 1 saturated heterocycles. The predicted octanol–water partition coefficient (Wildman–Crippen LogP) is 4.31. The summed E-state index contributed by atoms with van der Waals surface area (Å²) in [7, 11) is 1.15. The molecule has 15 heteroatoms. The van der Waals surface area contributed by atoms with Gasteiger partial charge in [0.2, 0.25) is 16.0 Å². The summed E-state index contributed by atoms with van der Waals surface area (Å²) >= 11 is 0. The van der Waals surface area contributed by atoms with E-state index in [1.165, 1.54) is 14.2 Å². The quantitative estimate of drug-likeness (QED) is 0.299. The van der Waals surface area contributed by atoms with Gasteiger partial charge in [-0.15, -0.1) is 0 Å². The molecule has 1 amide bonds. The number of likely N-dealkylation sites (tertiary alicyclic amines) is 1. The highest BCUT2D eigenvalue weighted by Crippen LogP contribution is 2.36. The van der Waals surface area contributed by atoms with Gasteiger partial charge >= 0.3 is 6.18 Å². The van der Waals surface area contributed by atoms with Crippen LogP contribution in [0.2, 0.25) is 0 Å². The van der Waals surface area contributed by atoms with E-state index in [4.69, 9.17) is 4.74 Å². The second-order valence-corrected chi connectivity index (χ2v) is 12.9. The molecule has 0 bridgehead atoms. The van der Waals surface area contributed by atoms with Crippen molar-refractivity contribution in [3.8, 4) is 5.75 Å². The molecule has 0 saturated carbocycles. The van der Waals surface area contributed by atoms with Crippen molar-refractivity contribution in [3.63, 3.8) is 0 Å². The first-order valence-corrected chi connectivity index (χ1v) is 15.6. The fourth-order valence-corrected chi connectivity index (χ4v) is 5.42. The molecular formula is C29H36F3N7O4S. The summed E-state index contributed by atoms with van der Waals surface area (Å²) < 4.78 is 72.7. The minimum atomic E-state index is -4.77. The number of anilines is 4. The summed E-state index contributed by atoms with van der Waals surface area (Å²) in [4.78, 5) is 23.1. The van der Waals surface area contributed by atoms with Crippen LogP contribution in [0.3, 0.4) is 0 Å². The van der Waals surface area contributed by atoms with Gasteiger partial charge in [0, 0.05) is 37.9 Å². The highest BCUT2D eigenvalue weighted by atomic mass is 32.2. The highest BCUT2D eigenvalue weighted by molar-refractivity contribution is 7.92. The van der Waals surface area contributed by atoms with E-state index >= 15 is 0 Å². The molecule has 4 rings (SSSR count). The number of nitrogens with zero attached hydrogens (tertiary/aromatic N) is 4. The van der Waals surface area contributed by atoms with Gasteiger partial charge in [0.1, 0.15) is 17.1 Å². The van der Waals surface area contributed by atoms with Gasteiger partial charge < -0.3 is 25.6 Å². The fourth-order valence-electron chi connectivity index (χ4n) is 4.89. The Morgan fingerprint density at radius 2 is 1.93 bits per heavy atom. The van der Waals surface area contributed by atoms with Gasteiger partial charge in [0.05, 0.1) is 24.7 Å². The van der Waals surface area contributed by atoms with Crippen LogP contribution in [0.25, 0.3) is 0 Å². The lowest BCUT2D eigenvalue weighted by atomic mass is 10.1. The number of carbonyl (C=O) groups excluding carboxylic acids is 1. The van der Waals surface area contributed by atoms with Gasteiger partial charge in [-0.25, -0.2) is 13.4 Å². The number of methoxy groups -OCH3 is 1. The van der Waals surface area contributed by atoms with E-state index in [0.29, 0.717) is 34.3 Å². The van der Waals surface area contributed by atoms with Gasteiger partial charge in [-0.1, -0.05) is 12.1 Å². The lowest BCUT2D eigenvalue weighted by Crippen LogP contribution is -2.36. The summed E-state index contributed by atoms with van der Waals surface area (Å²) in [6, 6.07) is 8.25. The van der Waals surface area contributed by atoms with Gasteiger partial charge in [-0.05, 0) is 68.8 Å². The maximum atomic E-state index is 13.9. The van der Waals surface area contributed by atoms with Crippen LogP contribution in [-0.2, 0) is 22.7 Å². The minimum absolute atomic E-state index is 0.0323. The van der Waals surface area contributed by atoms with Crippen LogP contribution in [0, 0.1) is 13.8 Å². The average molecular weight is 636 g/mol. The third-order valence-corrected chi connectivity index (χ3v) is 8.57. The Balaban J connectivity index is 1.61. The predicted molar refractivity (Wildman–Crippen MR) is 163 cm³/mol. The van der Waals surface area contributed by atoms with Gasteiger partial charge in [0.25, 0.3) is 5.91 Å². The zero-order chi connectivity index (χ0) is 32.4. The third-order valence-electron chi connectivity index (χ3n) is 7.38. The standard InChI is InChI=1S/C29H36F3N7O4S/c1-17-7-8-19(24(11-17)39(4)44(6,41)42)14-33-26-22(29(30,31)32)15-34-28(37-26)36-23-12-18(2)21(13-25(23)43-5)27(40)35-20-9-10-38(3)16-20/h7-8,11-13,15,20H,9-10,14,16H2,1-6H3,(H,35,40)(H2,33,34,36,37)/t20-/m0/s1. The van der Waals surface area contributed by atoms with Crippen LogP contribution in [0.4, 0.5) is 36.3 Å². The van der Waals surface area contributed by atoms with Crippen LogP contribution in [-0.4, -0.2) is 75.8 Å². The van der Waals surface area contributed by atoms with E-state index < -0.39 is 27.6 Å². The van der Waals surface area contributed by atoms with Crippen LogP contribution in [0.15, 0.2) is 36.5 Å². The Labute approximate surface area is 254 Å². The molecule has 3 N–H and O–H groups in total. The number of benzene rings is 2. The van der Waals surface area contributed by atoms with Crippen LogP contribution < -0.4 is 25.0 Å². The number of aromatic nitrogens is 2. The zero-order valence-corrected chi connectivity index (χ0v) is 26.2. The van der Waals surface area contributed by atoms with Crippen molar-refractivity contribution in [3.05, 3.63) is 64.3 Å². The number of carbonyl (C=O) groups is 1. The van der Waals surface area contributed by atoms with E-state index in [2.05, 4.69) is 30.8 Å². The Morgan fingerprint density at radius 1 is 1.20 bits per heavy atom. The second kappa shape index (κ2) is 12.9. The lowest BCUT2D eigenvalue weighted by molar-refractivity contribution is -0.137. The Bertz CT molecular complexity index is 1650. The van der Waals surface area contributed by atoms with Crippen molar-refractivity contribution in [1.82, 2.24) is 20.2 Å². The maximum absolute atomic E-state index is 13.9. The molecule has 11 nitrogen and oxygen atoms in total. The fraction of sp³-hybridized carbons (Fsp3) is 0.414. The Kier molecular flexibility index (Phi) is 9.59. The molecule has 0 aliphatic carbocycles. The first kappa shape index (κ1) is 32.8. The summed E-state index contributed by atoms with van der Waals surface area (Å²) in [5.74, 6) is -0.629. The van der Waals surface area contributed by atoms with E-state index in [0.717, 1.165) is 35.6 Å². The molecule has 1 aromatic heterocycles. The molecule has 44 heavy (non-hydrogen) atoms. The normalized spacial score (nSPS) is 15.6. The van der Waals surface area contributed by atoms with Crippen LogP contribution >= 0.6 is 0 Å². The average Bonchev–Trinajstić information content (AvgIpc) is 3.35. The molecule has 0 radical (unpaired) electrons. The number of halogens is 3. The van der Waals surface area contributed by atoms with Crippen molar-refractivity contribution in [2.75, 3.05) is 55.5 Å². The van der Waals surface area contributed by atoms with E-state index in [9.17, 15) is 26.4 Å². The minimum Gasteiger partial charge on any atom is -0.495 e. The SMILES string of the molecule is COc1cc(C(=O)N[C@H]2CCN(C)C2)c(C)cc1Nc1ncc(C(F)(F)F)c(NCc2ccc(C)cc2N(C)S(C)(=O)=O)n1. The molecule has 238 valence electrons. The summed E-state index contributed by atoms with van der Waals surface area (Å²) in [6.45, 7) is 5.02. The number of hydrogen-bond donors (Lipinski definition) is 3. The van der Waals surface area contributed by atoms with Crippen molar-refractivity contribution in [1.29, 1.82) is 0 Å². The number of alkyl halides is 3. The van der Waals surface area contributed by atoms with E-state index in [1.54, 1.807) is 44.2 Å². The number of likely N-dealkylation sites (N-methyl/N-ethyl adjacent to an activating group) is 1. The number of rotatable bonds is 10. The van der Waals surface area contributed by atoms with Crippen molar-refractivity contribution >= 4 is 39.1 Å². The van der Waals surface area contributed by atoms with Crippen molar-refractivity contribution < 1.29 is 31.1 Å². The number of nitrogens with one attached hydrogen (secondary N) is 3. The smallest absolute Gasteiger partial charge is 0.421 e. The molecule has 0 unspecified atom stereocenters. The largest absolute Gasteiger partial charge is 0.495 e. The summed E-state index contributed by atoms with van der Waals surface area (Å²) in [5.41, 5.74) is 1.83. The molecule has 2 aromatic carbocycles. The Hall–Kier alpha value is -4.11. The first-order valence-electron chi connectivity index (χ1n) is 13.7. The van der Waals surface area contributed by atoms with Gasteiger partial charge in [-0.2, -0.15) is 18.2 Å². The number of hydrogen-bond acceptors (Lipinski definition) is 9. The third kappa shape index (κ3) is 7.69. The van der Waals surface area contributed by atoms with E-state index in [1.807, 2.05) is 7.05 Å². The maximum Gasteiger partial charge on any atom is 0.421 e. The molecule has 1 fully saturated rings. The van der Waals surface area contributed by atoms with E-state index in [-0.39, 0.29) is 30.2 Å². The number of sulfonamides is 1. The topological polar surface area (TPSA) is 129 Å². The number of amides is 1. The van der Waals surface area contributed by atoms with Crippen LogP contribution in [0.1, 0.15) is 39.0 Å². The molecule has 2 heterocycles. The summed E-state index contributed by atoms with van der Waals surface area (Å²) in [6.07, 6.45) is -2.21. The molecular weight excluding hydrogens is 599 g/mol. The highest BCUT2D eigenvalue weighted by Gasteiger charge is 2.35. The molecule has 3 aromatic rings. The summed E-state index contributed by atoms with van der Waals surface area (Å²) in [5, 5.41) is 8.64. The Morgan fingerprint density at radius 3 is 2.55 bits per heavy atom. The lowest BCUT2D eigenvalue weighted by Gasteiger charge is -2.22. The zero-order valence-electron chi connectivity index (χ0n) is 25.3. The number of aryl methyl sites for hydroxylation is 2. The van der Waals surface area contributed by atoms with Crippen molar-refractivity contribution in [2.45, 2.75) is 39.0 Å². The molecule has 1 aliphatic rings. The molecule has 1 atom stereocenters. The van der Waals surface area contributed by atoms with Crippen LogP contribution in [0.5, 0.6) is 5.75 Å². The van der Waals surface area contributed by atoms with Gasteiger partial charge in [-0.3, -0.25) is 9.10 Å². The first-order chi connectivity index (χ1) is 20.6. The van der Waals surface area contributed by atoms with Gasteiger partial charge in [0.15, 0.2) is 0 Å². The second-order valence-electron chi connectivity index (χ2n) is 10.9. The van der Waals surface area contributed by atoms with Crippen molar-refractivity contribution in [2.24, 2.45) is 0 Å².